The van der Waals surface area contributed by atoms with Crippen molar-refractivity contribution in [2.75, 3.05) is 39.4 Å². The Morgan fingerprint density at radius 1 is 1.04 bits per heavy atom. The topological polar surface area (TPSA) is 46.1 Å². The molecule has 5 nitrogen and oxygen atoms in total. The standard InChI is InChI=1S/C22H41N3O2.HI/c1-2-23-22(24-14-11-19-8-4-3-5-9-19)25-15-12-20(13-16-25)27-18-21-10-6-7-17-26-21;/h19-21H,2-18H2,1H3,(H,23,24);1H. The molecule has 1 saturated carbocycles. The molecule has 2 heterocycles. The quantitative estimate of drug-likeness (QED) is 0.311. The van der Waals surface area contributed by atoms with Crippen molar-refractivity contribution in [3.05, 3.63) is 0 Å². The minimum Gasteiger partial charge on any atom is -0.376 e. The van der Waals surface area contributed by atoms with E-state index in [0.29, 0.717) is 12.2 Å². The highest BCUT2D eigenvalue weighted by atomic mass is 127. The fraction of sp³-hybridized carbons (Fsp3) is 0.955. The molecule has 2 aliphatic heterocycles. The van der Waals surface area contributed by atoms with Crippen molar-refractivity contribution < 1.29 is 9.47 Å². The molecular formula is C22H42IN3O2. The Morgan fingerprint density at radius 3 is 2.46 bits per heavy atom. The molecule has 6 heteroatoms. The zero-order chi connectivity index (χ0) is 18.7. The lowest BCUT2D eigenvalue weighted by molar-refractivity contribution is -0.0721. The summed E-state index contributed by atoms with van der Waals surface area (Å²) in [5.41, 5.74) is 0. The summed E-state index contributed by atoms with van der Waals surface area (Å²) in [6, 6.07) is 0. The van der Waals surface area contributed by atoms with Gasteiger partial charge in [0, 0.05) is 32.8 Å². The number of nitrogens with zero attached hydrogens (tertiary/aromatic N) is 2. The molecule has 28 heavy (non-hydrogen) atoms. The zero-order valence-corrected chi connectivity index (χ0v) is 20.2. The third-order valence-electron chi connectivity index (χ3n) is 6.39. The number of halogens is 1. The van der Waals surface area contributed by atoms with E-state index in [1.807, 2.05) is 0 Å². The van der Waals surface area contributed by atoms with Crippen LogP contribution in [0.1, 0.15) is 77.6 Å². The minimum absolute atomic E-state index is 0. The van der Waals surface area contributed by atoms with Gasteiger partial charge in [0.25, 0.3) is 0 Å². The fourth-order valence-corrected chi connectivity index (χ4v) is 4.67. The first kappa shape index (κ1) is 24.2. The number of ether oxygens (including phenoxy) is 2. The number of piperidine rings is 1. The van der Waals surface area contributed by atoms with Crippen molar-refractivity contribution in [2.24, 2.45) is 10.9 Å². The summed E-state index contributed by atoms with van der Waals surface area (Å²) in [4.78, 5) is 7.38. The van der Waals surface area contributed by atoms with E-state index < -0.39 is 0 Å². The van der Waals surface area contributed by atoms with E-state index in [-0.39, 0.29) is 24.0 Å². The van der Waals surface area contributed by atoms with Gasteiger partial charge in [0.2, 0.25) is 0 Å². The Hall–Kier alpha value is -0.0800. The molecule has 0 aromatic heterocycles. The second kappa shape index (κ2) is 14.0. The van der Waals surface area contributed by atoms with Crippen LogP contribution < -0.4 is 5.32 Å². The largest absolute Gasteiger partial charge is 0.376 e. The van der Waals surface area contributed by atoms with Crippen LogP contribution in [0.5, 0.6) is 0 Å². The van der Waals surface area contributed by atoms with Crippen molar-refractivity contribution in [1.82, 2.24) is 10.2 Å². The summed E-state index contributed by atoms with van der Waals surface area (Å²) in [6.45, 7) is 7.86. The average molecular weight is 508 g/mol. The van der Waals surface area contributed by atoms with Gasteiger partial charge < -0.3 is 19.7 Å². The minimum atomic E-state index is 0. The van der Waals surface area contributed by atoms with Gasteiger partial charge in [-0.05, 0) is 51.4 Å². The maximum absolute atomic E-state index is 6.16. The molecule has 1 aliphatic carbocycles. The molecule has 2 saturated heterocycles. The maximum atomic E-state index is 6.16. The molecule has 3 aliphatic rings. The van der Waals surface area contributed by atoms with Gasteiger partial charge in [-0.3, -0.25) is 4.99 Å². The van der Waals surface area contributed by atoms with Gasteiger partial charge in [0.15, 0.2) is 5.96 Å². The van der Waals surface area contributed by atoms with E-state index in [1.165, 1.54) is 51.4 Å². The predicted molar refractivity (Wildman–Crippen MR) is 127 cm³/mol. The highest BCUT2D eigenvalue weighted by molar-refractivity contribution is 14.0. The number of hydrogen-bond donors (Lipinski definition) is 1. The van der Waals surface area contributed by atoms with E-state index >= 15 is 0 Å². The summed E-state index contributed by atoms with van der Waals surface area (Å²) in [6.07, 6.45) is 14.9. The molecule has 1 atom stereocenters. The molecule has 1 N–H and O–H groups in total. The first-order valence-electron chi connectivity index (χ1n) is 11.6. The molecule has 0 amide bonds. The van der Waals surface area contributed by atoms with Crippen molar-refractivity contribution in [2.45, 2.75) is 89.8 Å². The van der Waals surface area contributed by atoms with Crippen LogP contribution in [0.4, 0.5) is 0 Å². The molecule has 0 radical (unpaired) electrons. The van der Waals surface area contributed by atoms with Crippen molar-refractivity contribution in [3.8, 4) is 0 Å². The summed E-state index contributed by atoms with van der Waals surface area (Å²) >= 11 is 0. The lowest BCUT2D eigenvalue weighted by Gasteiger charge is -2.35. The summed E-state index contributed by atoms with van der Waals surface area (Å²) < 4.78 is 11.9. The Bertz CT molecular complexity index is 429. The van der Waals surface area contributed by atoms with Gasteiger partial charge in [0.1, 0.15) is 0 Å². The Balaban J connectivity index is 0.00000280. The van der Waals surface area contributed by atoms with Crippen LogP contribution in [0, 0.1) is 5.92 Å². The lowest BCUT2D eigenvalue weighted by atomic mass is 9.87. The molecule has 0 bridgehead atoms. The third kappa shape index (κ3) is 8.34. The van der Waals surface area contributed by atoms with E-state index in [9.17, 15) is 0 Å². The average Bonchev–Trinajstić information content (AvgIpc) is 2.74. The van der Waals surface area contributed by atoms with Gasteiger partial charge in [-0.25, -0.2) is 0 Å². The number of aliphatic imine (C=N–C) groups is 1. The Kier molecular flexibility index (Phi) is 12.1. The SMILES string of the molecule is CCNC(=NCCC1CCCCC1)N1CCC(OCC2CCCCO2)CC1.I. The van der Waals surface area contributed by atoms with E-state index in [4.69, 9.17) is 14.5 Å². The Labute approximate surface area is 189 Å². The van der Waals surface area contributed by atoms with Crippen molar-refractivity contribution >= 4 is 29.9 Å². The summed E-state index contributed by atoms with van der Waals surface area (Å²) in [7, 11) is 0. The third-order valence-corrected chi connectivity index (χ3v) is 6.39. The van der Waals surface area contributed by atoms with E-state index in [1.54, 1.807) is 0 Å². The van der Waals surface area contributed by atoms with E-state index in [2.05, 4.69) is 17.1 Å². The van der Waals surface area contributed by atoms with Gasteiger partial charge in [-0.1, -0.05) is 32.1 Å². The summed E-state index contributed by atoms with van der Waals surface area (Å²) in [5, 5.41) is 3.50. The highest BCUT2D eigenvalue weighted by Gasteiger charge is 2.24. The van der Waals surface area contributed by atoms with Gasteiger partial charge in [0.05, 0.1) is 18.8 Å². The first-order valence-corrected chi connectivity index (χ1v) is 11.6. The predicted octanol–water partition coefficient (Wildman–Crippen LogP) is 4.59. The molecule has 3 fully saturated rings. The fourth-order valence-electron chi connectivity index (χ4n) is 4.67. The van der Waals surface area contributed by atoms with Crippen LogP contribution in [0.15, 0.2) is 4.99 Å². The van der Waals surface area contributed by atoms with Crippen LogP contribution in [0.25, 0.3) is 0 Å². The summed E-state index contributed by atoms with van der Waals surface area (Å²) in [5.74, 6) is 2.02. The van der Waals surface area contributed by atoms with Gasteiger partial charge >= 0.3 is 0 Å². The van der Waals surface area contributed by atoms with Gasteiger partial charge in [-0.15, -0.1) is 24.0 Å². The number of hydrogen-bond acceptors (Lipinski definition) is 3. The van der Waals surface area contributed by atoms with Crippen LogP contribution in [0.3, 0.4) is 0 Å². The molecule has 0 spiro atoms. The van der Waals surface area contributed by atoms with Crippen LogP contribution in [-0.2, 0) is 9.47 Å². The number of rotatable bonds is 7. The van der Waals surface area contributed by atoms with Crippen molar-refractivity contribution in [3.63, 3.8) is 0 Å². The molecular weight excluding hydrogens is 465 g/mol. The number of guanidine groups is 1. The highest BCUT2D eigenvalue weighted by Crippen LogP contribution is 2.26. The number of likely N-dealkylation sites (tertiary alicyclic amines) is 1. The second-order valence-electron chi connectivity index (χ2n) is 8.54. The maximum Gasteiger partial charge on any atom is 0.193 e. The number of nitrogens with one attached hydrogen (secondary N) is 1. The molecule has 3 rings (SSSR count). The van der Waals surface area contributed by atoms with Crippen molar-refractivity contribution in [1.29, 1.82) is 0 Å². The van der Waals surface area contributed by atoms with Crippen LogP contribution in [0.2, 0.25) is 0 Å². The normalized spacial score (nSPS) is 25.4. The van der Waals surface area contributed by atoms with E-state index in [0.717, 1.165) is 70.5 Å². The second-order valence-corrected chi connectivity index (χ2v) is 8.54. The van der Waals surface area contributed by atoms with Gasteiger partial charge in [-0.2, -0.15) is 0 Å². The Morgan fingerprint density at radius 2 is 1.79 bits per heavy atom. The molecule has 1 unspecified atom stereocenters. The lowest BCUT2D eigenvalue weighted by Crippen LogP contribution is -2.47. The smallest absolute Gasteiger partial charge is 0.193 e. The first-order chi connectivity index (χ1) is 13.3. The van der Waals surface area contributed by atoms with Crippen LogP contribution in [-0.4, -0.2) is 62.5 Å². The molecule has 0 aromatic rings. The monoisotopic (exact) mass is 507 g/mol. The molecule has 0 aromatic carbocycles. The molecule has 164 valence electrons. The van der Waals surface area contributed by atoms with Crippen LogP contribution >= 0.6 is 24.0 Å². The zero-order valence-electron chi connectivity index (χ0n) is 17.9.